The van der Waals surface area contributed by atoms with Crippen molar-refractivity contribution < 1.29 is 23.7 Å². The van der Waals surface area contributed by atoms with Crippen molar-refractivity contribution in [3.63, 3.8) is 0 Å². The number of epoxide rings is 1. The summed E-state index contributed by atoms with van der Waals surface area (Å²) in [4.78, 5) is 0. The van der Waals surface area contributed by atoms with Crippen LogP contribution >= 0.6 is 0 Å². The summed E-state index contributed by atoms with van der Waals surface area (Å²) in [5.74, 6) is 0. The van der Waals surface area contributed by atoms with Crippen LogP contribution in [0.5, 0.6) is 0 Å². The van der Waals surface area contributed by atoms with Gasteiger partial charge in [-0.1, -0.05) is 0 Å². The summed E-state index contributed by atoms with van der Waals surface area (Å²) in [6, 6.07) is 0. The highest BCUT2D eigenvalue weighted by atomic mass is 16.7. The quantitative estimate of drug-likeness (QED) is 0.621. The Hall–Kier alpha value is -0.200. The lowest BCUT2D eigenvalue weighted by Crippen LogP contribution is -2.34. The predicted molar refractivity (Wildman–Crippen MR) is 54.4 cm³/mol. The molecule has 3 heterocycles. The van der Waals surface area contributed by atoms with E-state index in [1.54, 1.807) is 0 Å². The van der Waals surface area contributed by atoms with Gasteiger partial charge in [-0.3, -0.25) is 0 Å². The van der Waals surface area contributed by atoms with Crippen molar-refractivity contribution in [3.05, 3.63) is 0 Å². The molecule has 1 unspecified atom stereocenters. The Morgan fingerprint density at radius 3 is 2.12 bits per heavy atom. The highest BCUT2D eigenvalue weighted by Crippen LogP contribution is 2.30. The zero-order valence-corrected chi connectivity index (χ0v) is 9.46. The van der Waals surface area contributed by atoms with Gasteiger partial charge in [0.15, 0.2) is 0 Å². The van der Waals surface area contributed by atoms with Crippen LogP contribution in [0.2, 0.25) is 0 Å². The van der Waals surface area contributed by atoms with Crippen LogP contribution in [0.4, 0.5) is 0 Å². The van der Waals surface area contributed by atoms with Gasteiger partial charge < -0.3 is 23.7 Å². The maximum Gasteiger partial charge on any atom is 0.115 e. The summed E-state index contributed by atoms with van der Waals surface area (Å²) in [5.41, 5.74) is 0. The normalized spacial score (nSPS) is 45.9. The van der Waals surface area contributed by atoms with Crippen molar-refractivity contribution in [1.29, 1.82) is 0 Å². The third-order valence-corrected chi connectivity index (χ3v) is 3.24. The molecule has 0 radical (unpaired) electrons. The average Bonchev–Trinajstić information content (AvgIpc) is 2.90. The summed E-state index contributed by atoms with van der Waals surface area (Å²) < 4.78 is 27.8. The Balaban J connectivity index is 1.51. The van der Waals surface area contributed by atoms with E-state index in [9.17, 15) is 0 Å². The van der Waals surface area contributed by atoms with Gasteiger partial charge in [-0.25, -0.2) is 0 Å². The molecular formula is C11H18O5. The lowest BCUT2D eigenvalue weighted by molar-refractivity contribution is -0.0504. The Bertz CT molecular complexity index is 243. The van der Waals surface area contributed by atoms with Gasteiger partial charge in [-0.15, -0.1) is 0 Å². The maximum atomic E-state index is 5.74. The molecule has 92 valence electrons. The van der Waals surface area contributed by atoms with E-state index >= 15 is 0 Å². The van der Waals surface area contributed by atoms with Gasteiger partial charge in [0.25, 0.3) is 0 Å². The van der Waals surface area contributed by atoms with Gasteiger partial charge in [0.05, 0.1) is 26.4 Å². The van der Waals surface area contributed by atoms with Crippen LogP contribution in [0.25, 0.3) is 0 Å². The monoisotopic (exact) mass is 230 g/mol. The van der Waals surface area contributed by atoms with E-state index in [0.29, 0.717) is 32.5 Å². The predicted octanol–water partition coefficient (Wildman–Crippen LogP) is -0.0269. The van der Waals surface area contributed by atoms with Crippen molar-refractivity contribution in [2.45, 2.75) is 37.4 Å². The molecule has 0 spiro atoms. The van der Waals surface area contributed by atoms with Crippen LogP contribution in [0.15, 0.2) is 0 Å². The summed E-state index contributed by atoms with van der Waals surface area (Å²) in [7, 11) is 0. The standard InChI is InChI=1S/C11H18O5/c1-2-12-8-5-15-11-9(6-16-10(8)11)14-4-7-3-13-7/h7-11H,2-6H2,1H3/t7?,8-,9-,10-,11-/m1/s1. The molecule has 5 heteroatoms. The Labute approximate surface area is 94.9 Å². The number of rotatable bonds is 5. The number of fused-ring (bicyclic) bond motifs is 1. The van der Waals surface area contributed by atoms with E-state index in [1.165, 1.54) is 0 Å². The molecule has 3 aliphatic rings. The van der Waals surface area contributed by atoms with Gasteiger partial charge in [0.1, 0.15) is 30.5 Å². The molecule has 5 nitrogen and oxygen atoms in total. The number of ether oxygens (including phenoxy) is 5. The van der Waals surface area contributed by atoms with Crippen LogP contribution in [0, 0.1) is 0 Å². The zero-order valence-electron chi connectivity index (χ0n) is 9.46. The van der Waals surface area contributed by atoms with E-state index in [0.717, 1.165) is 6.61 Å². The molecule has 0 N–H and O–H groups in total. The summed E-state index contributed by atoms with van der Waals surface area (Å²) in [5, 5.41) is 0. The fourth-order valence-corrected chi connectivity index (χ4v) is 2.32. The van der Waals surface area contributed by atoms with Gasteiger partial charge >= 0.3 is 0 Å². The first kappa shape index (κ1) is 10.9. The second kappa shape index (κ2) is 4.58. The van der Waals surface area contributed by atoms with Crippen molar-refractivity contribution in [3.8, 4) is 0 Å². The third-order valence-electron chi connectivity index (χ3n) is 3.24. The van der Waals surface area contributed by atoms with E-state index in [2.05, 4.69) is 0 Å². The Morgan fingerprint density at radius 1 is 0.938 bits per heavy atom. The molecule has 5 atom stereocenters. The molecule has 0 aliphatic carbocycles. The lowest BCUT2D eigenvalue weighted by atomic mass is 10.1. The number of hydrogen-bond acceptors (Lipinski definition) is 5. The summed E-state index contributed by atoms with van der Waals surface area (Å²) in [6.45, 7) is 5.38. The molecule has 0 aromatic heterocycles. The maximum absolute atomic E-state index is 5.74. The highest BCUT2D eigenvalue weighted by molar-refractivity contribution is 4.96. The molecule has 0 amide bonds. The van der Waals surface area contributed by atoms with E-state index < -0.39 is 0 Å². The smallest absolute Gasteiger partial charge is 0.115 e. The first-order chi connectivity index (χ1) is 7.88. The molecular weight excluding hydrogens is 212 g/mol. The molecule has 3 rings (SSSR count). The minimum absolute atomic E-state index is 0.0373. The minimum atomic E-state index is 0.0373. The van der Waals surface area contributed by atoms with Crippen LogP contribution in [0.3, 0.4) is 0 Å². The number of hydrogen-bond donors (Lipinski definition) is 0. The van der Waals surface area contributed by atoms with E-state index in [1.807, 2.05) is 6.92 Å². The zero-order chi connectivity index (χ0) is 11.0. The van der Waals surface area contributed by atoms with Crippen LogP contribution in [-0.4, -0.2) is 63.6 Å². The second-order valence-corrected chi connectivity index (χ2v) is 4.42. The summed E-state index contributed by atoms with van der Waals surface area (Å²) in [6.07, 6.45) is 0.490. The first-order valence-electron chi connectivity index (χ1n) is 5.96. The second-order valence-electron chi connectivity index (χ2n) is 4.42. The molecule has 0 saturated carbocycles. The fraction of sp³-hybridized carbons (Fsp3) is 1.00. The average molecular weight is 230 g/mol. The SMILES string of the molecule is CCO[C@@H]1CO[C@H]2[C@@H]1OC[C@H]2OCC1CO1. The highest BCUT2D eigenvalue weighted by Gasteiger charge is 2.49. The van der Waals surface area contributed by atoms with Gasteiger partial charge in [0, 0.05) is 6.61 Å². The topological polar surface area (TPSA) is 49.5 Å². The van der Waals surface area contributed by atoms with Gasteiger partial charge in [-0.05, 0) is 6.92 Å². The van der Waals surface area contributed by atoms with E-state index in [-0.39, 0.29) is 24.4 Å². The van der Waals surface area contributed by atoms with Crippen LogP contribution in [-0.2, 0) is 23.7 Å². The summed E-state index contributed by atoms with van der Waals surface area (Å²) >= 11 is 0. The van der Waals surface area contributed by atoms with Crippen LogP contribution in [0.1, 0.15) is 6.92 Å². The third kappa shape index (κ3) is 2.10. The van der Waals surface area contributed by atoms with E-state index in [4.69, 9.17) is 23.7 Å². The van der Waals surface area contributed by atoms with Crippen molar-refractivity contribution in [1.82, 2.24) is 0 Å². The van der Waals surface area contributed by atoms with Crippen molar-refractivity contribution in [2.24, 2.45) is 0 Å². The molecule has 0 bridgehead atoms. The molecule has 3 fully saturated rings. The van der Waals surface area contributed by atoms with Crippen molar-refractivity contribution in [2.75, 3.05) is 33.0 Å². The van der Waals surface area contributed by atoms with Gasteiger partial charge in [-0.2, -0.15) is 0 Å². The minimum Gasteiger partial charge on any atom is -0.373 e. The first-order valence-corrected chi connectivity index (χ1v) is 5.96. The molecule has 3 saturated heterocycles. The lowest BCUT2D eigenvalue weighted by Gasteiger charge is -2.16. The van der Waals surface area contributed by atoms with Crippen LogP contribution < -0.4 is 0 Å². The fourth-order valence-electron chi connectivity index (χ4n) is 2.32. The van der Waals surface area contributed by atoms with Gasteiger partial charge in [0.2, 0.25) is 0 Å². The molecule has 16 heavy (non-hydrogen) atoms. The molecule has 3 aliphatic heterocycles. The molecule has 0 aromatic rings. The molecule has 0 aromatic carbocycles. The van der Waals surface area contributed by atoms with Crippen molar-refractivity contribution >= 4 is 0 Å². The Kier molecular flexibility index (Phi) is 3.13. The Morgan fingerprint density at radius 2 is 1.56 bits per heavy atom. The largest absolute Gasteiger partial charge is 0.373 e.